The van der Waals surface area contributed by atoms with Crippen LogP contribution in [0, 0.1) is 17.1 Å². The molecule has 2 rings (SSSR count). The van der Waals surface area contributed by atoms with E-state index >= 15 is 0 Å². The third kappa shape index (κ3) is 6.05. The zero-order valence-corrected chi connectivity index (χ0v) is 13.9. The molecule has 0 amide bonds. The van der Waals surface area contributed by atoms with Crippen LogP contribution < -0.4 is 10.1 Å². The lowest BCUT2D eigenvalue weighted by Crippen LogP contribution is -2.17. The Morgan fingerprint density at radius 2 is 1.88 bits per heavy atom. The summed E-state index contributed by atoms with van der Waals surface area (Å²) < 4.78 is 57.5. The van der Waals surface area contributed by atoms with Crippen molar-refractivity contribution in [2.24, 2.45) is 0 Å². The molecule has 0 aliphatic heterocycles. The summed E-state index contributed by atoms with van der Waals surface area (Å²) in [6.07, 6.45) is -3.56. The average molecular weight is 366 g/mol. The molecule has 0 radical (unpaired) electrons. The first-order valence-corrected chi connectivity index (χ1v) is 8.05. The number of nitrogens with one attached hydrogen (secondary N) is 1. The van der Waals surface area contributed by atoms with Crippen molar-refractivity contribution in [2.45, 2.75) is 32.1 Å². The number of unbranched alkanes of at least 4 members (excludes halogenated alkanes) is 1. The first-order chi connectivity index (χ1) is 12.4. The van der Waals surface area contributed by atoms with Crippen LogP contribution in [0.2, 0.25) is 0 Å². The van der Waals surface area contributed by atoms with Crippen molar-refractivity contribution in [3.8, 4) is 11.8 Å². The van der Waals surface area contributed by atoms with E-state index in [2.05, 4.69) is 5.32 Å². The fraction of sp³-hybridized carbons (Fsp3) is 0.316. The molecule has 0 heterocycles. The Morgan fingerprint density at radius 1 is 1.08 bits per heavy atom. The van der Waals surface area contributed by atoms with Gasteiger partial charge in [-0.2, -0.15) is 18.4 Å². The summed E-state index contributed by atoms with van der Waals surface area (Å²) in [5.41, 5.74) is -0.138. The molecule has 1 N–H and O–H groups in total. The highest BCUT2D eigenvalue weighted by atomic mass is 19.4. The molecule has 0 bridgehead atoms. The van der Waals surface area contributed by atoms with Crippen LogP contribution in [-0.2, 0) is 19.3 Å². The molecule has 138 valence electrons. The standard InChI is InChI=1S/C19H18F4N2O/c20-16-7-6-15(18(11-16)19(21,22)23)13-25-12-14-4-3-5-17(10-14)26-9-2-1-8-24/h3-7,10-11,25H,1-2,9,12-13H2. The molecule has 2 aromatic rings. The number of alkyl halides is 3. The quantitative estimate of drug-likeness (QED) is 0.538. The zero-order valence-electron chi connectivity index (χ0n) is 13.9. The third-order valence-corrected chi connectivity index (χ3v) is 3.62. The van der Waals surface area contributed by atoms with Crippen LogP contribution in [0.4, 0.5) is 17.6 Å². The van der Waals surface area contributed by atoms with E-state index in [0.29, 0.717) is 37.8 Å². The van der Waals surface area contributed by atoms with Crippen LogP contribution in [-0.4, -0.2) is 6.61 Å². The van der Waals surface area contributed by atoms with Gasteiger partial charge in [0.1, 0.15) is 11.6 Å². The van der Waals surface area contributed by atoms with Crippen LogP contribution >= 0.6 is 0 Å². The van der Waals surface area contributed by atoms with Gasteiger partial charge in [0.25, 0.3) is 0 Å². The minimum absolute atomic E-state index is 0.0113. The minimum Gasteiger partial charge on any atom is -0.494 e. The number of hydrogen-bond donors (Lipinski definition) is 1. The highest BCUT2D eigenvalue weighted by Crippen LogP contribution is 2.32. The summed E-state index contributed by atoms with van der Waals surface area (Å²) in [6, 6.07) is 11.9. The van der Waals surface area contributed by atoms with Crippen molar-refractivity contribution in [3.63, 3.8) is 0 Å². The first-order valence-electron chi connectivity index (χ1n) is 8.05. The lowest BCUT2D eigenvalue weighted by Gasteiger charge is -2.14. The lowest BCUT2D eigenvalue weighted by molar-refractivity contribution is -0.138. The van der Waals surface area contributed by atoms with Crippen molar-refractivity contribution in [2.75, 3.05) is 6.61 Å². The van der Waals surface area contributed by atoms with Gasteiger partial charge in [-0.15, -0.1) is 0 Å². The maximum Gasteiger partial charge on any atom is 0.416 e. The molecule has 0 aliphatic rings. The molecule has 2 aromatic carbocycles. The monoisotopic (exact) mass is 366 g/mol. The van der Waals surface area contributed by atoms with Crippen LogP contribution in [0.5, 0.6) is 5.75 Å². The van der Waals surface area contributed by atoms with Gasteiger partial charge >= 0.3 is 6.18 Å². The van der Waals surface area contributed by atoms with Gasteiger partial charge in [0.15, 0.2) is 0 Å². The Labute approximate surface area is 149 Å². The number of nitriles is 1. The Bertz CT molecular complexity index is 769. The minimum atomic E-state index is -4.60. The third-order valence-electron chi connectivity index (χ3n) is 3.62. The summed E-state index contributed by atoms with van der Waals surface area (Å²) in [5.74, 6) is -0.276. The van der Waals surface area contributed by atoms with E-state index in [4.69, 9.17) is 10.00 Å². The normalized spacial score (nSPS) is 11.2. The maximum atomic E-state index is 13.1. The summed E-state index contributed by atoms with van der Waals surface area (Å²) >= 11 is 0. The molecule has 0 saturated carbocycles. The number of halogens is 4. The first kappa shape index (κ1) is 19.7. The zero-order chi connectivity index (χ0) is 19.0. The van der Waals surface area contributed by atoms with Gasteiger partial charge in [0, 0.05) is 19.5 Å². The smallest absolute Gasteiger partial charge is 0.416 e. The van der Waals surface area contributed by atoms with Crippen LogP contribution in [0.25, 0.3) is 0 Å². The highest BCUT2D eigenvalue weighted by molar-refractivity contribution is 5.31. The van der Waals surface area contributed by atoms with Gasteiger partial charge in [0.05, 0.1) is 18.2 Å². The summed E-state index contributed by atoms with van der Waals surface area (Å²) in [4.78, 5) is 0. The number of ether oxygens (including phenoxy) is 1. The van der Waals surface area contributed by atoms with E-state index in [9.17, 15) is 17.6 Å². The van der Waals surface area contributed by atoms with E-state index in [1.807, 2.05) is 12.1 Å². The maximum absolute atomic E-state index is 13.1. The molecule has 0 fully saturated rings. The predicted molar refractivity (Wildman–Crippen MR) is 88.7 cm³/mol. The Hall–Kier alpha value is -2.59. The Kier molecular flexibility index (Phi) is 6.98. The van der Waals surface area contributed by atoms with Gasteiger partial charge in [-0.3, -0.25) is 0 Å². The van der Waals surface area contributed by atoms with Gasteiger partial charge < -0.3 is 10.1 Å². The highest BCUT2D eigenvalue weighted by Gasteiger charge is 2.33. The number of benzene rings is 2. The fourth-order valence-electron chi connectivity index (χ4n) is 2.39. The largest absolute Gasteiger partial charge is 0.494 e. The van der Waals surface area contributed by atoms with Crippen molar-refractivity contribution in [3.05, 3.63) is 65.0 Å². The van der Waals surface area contributed by atoms with Gasteiger partial charge in [0.2, 0.25) is 0 Å². The summed E-state index contributed by atoms with van der Waals surface area (Å²) in [7, 11) is 0. The summed E-state index contributed by atoms with van der Waals surface area (Å²) in [6.45, 7) is 0.724. The van der Waals surface area contributed by atoms with Crippen LogP contribution in [0.1, 0.15) is 29.5 Å². The number of hydrogen-bond acceptors (Lipinski definition) is 3. The fourth-order valence-corrected chi connectivity index (χ4v) is 2.39. The van der Waals surface area contributed by atoms with Crippen LogP contribution in [0.15, 0.2) is 42.5 Å². The molecule has 0 aromatic heterocycles. The Morgan fingerprint density at radius 3 is 2.62 bits per heavy atom. The van der Waals surface area contributed by atoms with Crippen molar-refractivity contribution >= 4 is 0 Å². The second-order valence-electron chi connectivity index (χ2n) is 5.66. The molecule has 7 heteroatoms. The molecule has 0 spiro atoms. The molecule has 0 aliphatic carbocycles. The predicted octanol–water partition coefficient (Wildman–Crippen LogP) is 4.82. The Balaban J connectivity index is 1.93. The second kappa shape index (κ2) is 9.20. The molecular formula is C19H18F4N2O. The van der Waals surface area contributed by atoms with Gasteiger partial charge in [-0.05, 0) is 41.8 Å². The van der Waals surface area contributed by atoms with E-state index in [1.165, 1.54) is 0 Å². The second-order valence-corrected chi connectivity index (χ2v) is 5.66. The molecule has 0 saturated heterocycles. The topological polar surface area (TPSA) is 45.0 Å². The number of nitrogens with zero attached hydrogens (tertiary/aromatic N) is 1. The van der Waals surface area contributed by atoms with E-state index in [-0.39, 0.29) is 12.1 Å². The van der Waals surface area contributed by atoms with Gasteiger partial charge in [-0.1, -0.05) is 18.2 Å². The van der Waals surface area contributed by atoms with E-state index in [1.54, 1.807) is 18.2 Å². The van der Waals surface area contributed by atoms with Crippen molar-refractivity contribution < 1.29 is 22.3 Å². The lowest BCUT2D eigenvalue weighted by atomic mass is 10.1. The summed E-state index contributed by atoms with van der Waals surface area (Å²) in [5, 5.41) is 11.4. The van der Waals surface area contributed by atoms with Crippen molar-refractivity contribution in [1.29, 1.82) is 5.26 Å². The van der Waals surface area contributed by atoms with Gasteiger partial charge in [-0.25, -0.2) is 4.39 Å². The average Bonchev–Trinajstić information content (AvgIpc) is 2.59. The molecular weight excluding hydrogens is 348 g/mol. The molecule has 0 unspecified atom stereocenters. The number of rotatable bonds is 8. The molecule has 26 heavy (non-hydrogen) atoms. The van der Waals surface area contributed by atoms with E-state index in [0.717, 1.165) is 17.7 Å². The molecule has 3 nitrogen and oxygen atoms in total. The molecule has 0 atom stereocenters. The van der Waals surface area contributed by atoms with Crippen molar-refractivity contribution in [1.82, 2.24) is 5.32 Å². The van der Waals surface area contributed by atoms with Crippen LogP contribution in [0.3, 0.4) is 0 Å². The SMILES string of the molecule is N#CCCCOc1cccc(CNCc2ccc(F)cc2C(F)(F)F)c1. The van der Waals surface area contributed by atoms with E-state index < -0.39 is 17.6 Å².